The third-order valence-corrected chi connectivity index (χ3v) is 3.64. The molecule has 0 N–H and O–H groups in total. The van der Waals surface area contributed by atoms with Crippen LogP contribution in [0.15, 0.2) is 58.5 Å². The van der Waals surface area contributed by atoms with Crippen molar-refractivity contribution < 1.29 is 14.3 Å². The van der Waals surface area contributed by atoms with Crippen LogP contribution in [0.5, 0.6) is 0 Å². The van der Waals surface area contributed by atoms with Crippen molar-refractivity contribution in [2.75, 3.05) is 6.61 Å². The zero-order valence-electron chi connectivity index (χ0n) is 13.6. The second-order valence-electron chi connectivity index (χ2n) is 5.45. The monoisotopic (exact) mass is 322 g/mol. The van der Waals surface area contributed by atoms with E-state index in [4.69, 9.17) is 9.47 Å². The van der Waals surface area contributed by atoms with E-state index in [0.29, 0.717) is 12.3 Å². The van der Waals surface area contributed by atoms with E-state index in [9.17, 15) is 4.79 Å². The first-order valence-corrected chi connectivity index (χ1v) is 7.83. The first-order valence-electron chi connectivity index (χ1n) is 7.83. The molecule has 1 aliphatic rings. The molecule has 5 nitrogen and oxygen atoms in total. The summed E-state index contributed by atoms with van der Waals surface area (Å²) in [4.78, 5) is 20.2. The van der Waals surface area contributed by atoms with Crippen molar-refractivity contribution >= 4 is 23.4 Å². The maximum absolute atomic E-state index is 11.7. The molecule has 0 radical (unpaired) electrons. The van der Waals surface area contributed by atoms with Gasteiger partial charge in [-0.2, -0.15) is 9.98 Å². The summed E-state index contributed by atoms with van der Waals surface area (Å²) < 4.78 is 10.4. The Morgan fingerprint density at radius 3 is 2.67 bits per heavy atom. The van der Waals surface area contributed by atoms with Crippen molar-refractivity contribution in [2.24, 2.45) is 9.98 Å². The van der Waals surface area contributed by atoms with Gasteiger partial charge in [0.1, 0.15) is 12.1 Å². The first-order chi connectivity index (χ1) is 11.7. The number of para-hydroxylation sites is 1. The van der Waals surface area contributed by atoms with E-state index < -0.39 is 6.10 Å². The van der Waals surface area contributed by atoms with Crippen molar-refractivity contribution in [3.63, 3.8) is 0 Å². The molecule has 0 amide bonds. The Balaban J connectivity index is 1.77. The lowest BCUT2D eigenvalue weighted by Crippen LogP contribution is -2.11. The molecular weight excluding hydrogens is 304 g/mol. The fourth-order valence-corrected chi connectivity index (χ4v) is 2.34. The summed E-state index contributed by atoms with van der Waals surface area (Å²) in [6.07, 6.45) is -0.861. The Kier molecular flexibility index (Phi) is 4.85. The Hall–Kier alpha value is -2.75. The molecule has 0 spiro atoms. The number of rotatable bonds is 5. The van der Waals surface area contributed by atoms with Crippen LogP contribution in [0, 0.1) is 6.92 Å². The molecule has 0 aromatic heterocycles. The maximum atomic E-state index is 11.7. The average molecular weight is 322 g/mol. The van der Waals surface area contributed by atoms with E-state index in [1.165, 1.54) is 5.56 Å². The highest BCUT2D eigenvalue weighted by molar-refractivity contribution is 5.79. The molecule has 5 heteroatoms. The molecule has 2 atom stereocenters. The van der Waals surface area contributed by atoms with E-state index in [0.717, 1.165) is 11.3 Å². The fraction of sp³-hybridized carbons (Fsp3) is 0.263. The molecule has 122 valence electrons. The lowest BCUT2D eigenvalue weighted by molar-refractivity contribution is -0.144. The van der Waals surface area contributed by atoms with Gasteiger partial charge >= 0.3 is 5.97 Å². The van der Waals surface area contributed by atoms with Crippen LogP contribution >= 0.6 is 0 Å². The normalized spacial score (nSPS) is 18.4. The number of ether oxygens (including phenoxy) is 2. The predicted molar refractivity (Wildman–Crippen MR) is 91.1 cm³/mol. The summed E-state index contributed by atoms with van der Waals surface area (Å²) >= 11 is 0. The summed E-state index contributed by atoms with van der Waals surface area (Å²) in [7, 11) is 0. The van der Waals surface area contributed by atoms with E-state index in [2.05, 4.69) is 16.0 Å². The quantitative estimate of drug-likeness (QED) is 0.472. The fourth-order valence-electron chi connectivity index (χ4n) is 2.34. The molecule has 0 bridgehead atoms. The minimum atomic E-state index is -0.546. The van der Waals surface area contributed by atoms with Gasteiger partial charge in [0.25, 0.3) is 0 Å². The van der Waals surface area contributed by atoms with Crippen molar-refractivity contribution in [3.8, 4) is 0 Å². The number of carbonyl (C=O) groups excluding carboxylic acids is 1. The van der Waals surface area contributed by atoms with E-state index >= 15 is 0 Å². The van der Waals surface area contributed by atoms with Gasteiger partial charge in [-0.25, -0.2) is 4.79 Å². The van der Waals surface area contributed by atoms with E-state index in [1.54, 1.807) is 6.92 Å². The molecule has 1 saturated heterocycles. The second kappa shape index (κ2) is 7.21. The highest BCUT2D eigenvalue weighted by Crippen LogP contribution is 2.43. The highest BCUT2D eigenvalue weighted by Gasteiger charge is 2.48. The minimum absolute atomic E-state index is 0.315. The number of aliphatic imine (C=N–C) groups is 2. The van der Waals surface area contributed by atoms with Crippen molar-refractivity contribution in [2.45, 2.75) is 26.1 Å². The number of benzene rings is 2. The third kappa shape index (κ3) is 3.77. The molecule has 0 unspecified atom stereocenters. The summed E-state index contributed by atoms with van der Waals surface area (Å²) in [5, 5.41) is 0. The molecule has 1 aliphatic heterocycles. The highest BCUT2D eigenvalue weighted by atomic mass is 16.6. The number of carbonyl (C=O) groups is 1. The number of epoxide rings is 1. The lowest BCUT2D eigenvalue weighted by Gasteiger charge is -2.00. The van der Waals surface area contributed by atoms with Gasteiger partial charge in [0, 0.05) is 5.56 Å². The van der Waals surface area contributed by atoms with Gasteiger partial charge in [-0.3, -0.25) is 0 Å². The van der Waals surface area contributed by atoms with Gasteiger partial charge in [0.15, 0.2) is 6.10 Å². The standard InChI is InChI=1S/C19H18N2O3/c1-3-23-19(22)18-17(24-18)15-6-4-5-7-16(15)21-12-20-14-10-8-13(2)9-11-14/h4-11,17-18H,3H2,1-2H3/t17-,18+/m1/s1. The minimum Gasteiger partial charge on any atom is -0.464 e. The maximum Gasteiger partial charge on any atom is 0.338 e. The van der Waals surface area contributed by atoms with Crippen molar-refractivity contribution in [1.82, 2.24) is 0 Å². The van der Waals surface area contributed by atoms with Crippen LogP contribution in [-0.2, 0) is 14.3 Å². The zero-order valence-corrected chi connectivity index (χ0v) is 13.6. The van der Waals surface area contributed by atoms with Gasteiger partial charge in [-0.1, -0.05) is 35.9 Å². The van der Waals surface area contributed by atoms with Crippen LogP contribution in [0.3, 0.4) is 0 Å². The number of aryl methyl sites for hydroxylation is 1. The van der Waals surface area contributed by atoms with Crippen LogP contribution in [0.4, 0.5) is 11.4 Å². The first kappa shape index (κ1) is 16.1. The number of hydrogen-bond acceptors (Lipinski definition) is 5. The van der Waals surface area contributed by atoms with Gasteiger partial charge in [0.2, 0.25) is 0 Å². The van der Waals surface area contributed by atoms with Gasteiger partial charge in [0.05, 0.1) is 18.0 Å². The SMILES string of the molecule is CCOC(=O)[C@H]1O[C@@H]1c1ccccc1N=C=Nc1ccc(C)cc1. The Bertz CT molecular complexity index is 793. The molecule has 1 fully saturated rings. The lowest BCUT2D eigenvalue weighted by atomic mass is 10.1. The van der Waals surface area contributed by atoms with E-state index in [1.807, 2.05) is 55.5 Å². The predicted octanol–water partition coefficient (Wildman–Crippen LogP) is 4.14. The number of esters is 1. The molecule has 2 aromatic rings. The zero-order chi connectivity index (χ0) is 16.9. The Morgan fingerprint density at radius 2 is 1.92 bits per heavy atom. The van der Waals surface area contributed by atoms with Crippen molar-refractivity contribution in [1.29, 1.82) is 0 Å². The smallest absolute Gasteiger partial charge is 0.338 e. The number of nitrogens with zero attached hydrogens (tertiary/aromatic N) is 2. The topological polar surface area (TPSA) is 63.5 Å². The molecule has 2 aromatic carbocycles. The Labute approximate surface area is 140 Å². The molecule has 1 heterocycles. The van der Waals surface area contributed by atoms with Gasteiger partial charge in [-0.05, 0) is 32.0 Å². The summed E-state index contributed by atoms with van der Waals surface area (Å²) in [6.45, 7) is 4.14. The molecule has 0 saturated carbocycles. The van der Waals surface area contributed by atoms with E-state index in [-0.39, 0.29) is 12.1 Å². The molecule has 3 rings (SSSR count). The van der Waals surface area contributed by atoms with Gasteiger partial charge < -0.3 is 9.47 Å². The molecule has 0 aliphatic carbocycles. The summed E-state index contributed by atoms with van der Waals surface area (Å²) in [5.41, 5.74) is 3.48. The van der Waals surface area contributed by atoms with Gasteiger partial charge in [-0.15, -0.1) is 0 Å². The number of hydrogen-bond donors (Lipinski definition) is 0. The summed E-state index contributed by atoms with van der Waals surface area (Å²) in [5.74, 6) is -0.338. The van der Waals surface area contributed by atoms with Crippen LogP contribution in [0.25, 0.3) is 0 Å². The van der Waals surface area contributed by atoms with Crippen LogP contribution in [-0.4, -0.2) is 24.7 Å². The summed E-state index contributed by atoms with van der Waals surface area (Å²) in [6, 6.07) is 18.0. The average Bonchev–Trinajstić information content (AvgIpc) is 3.38. The third-order valence-electron chi connectivity index (χ3n) is 3.64. The Morgan fingerprint density at radius 1 is 1.17 bits per heavy atom. The second-order valence-corrected chi connectivity index (χ2v) is 5.45. The van der Waals surface area contributed by atoms with Crippen LogP contribution in [0.1, 0.15) is 24.2 Å². The van der Waals surface area contributed by atoms with Crippen molar-refractivity contribution in [3.05, 3.63) is 59.7 Å². The molecule has 24 heavy (non-hydrogen) atoms. The van der Waals surface area contributed by atoms with Crippen LogP contribution in [0.2, 0.25) is 0 Å². The van der Waals surface area contributed by atoms with Crippen LogP contribution < -0.4 is 0 Å². The largest absolute Gasteiger partial charge is 0.464 e. The molecular formula is C19H18N2O3.